The molecule has 0 aliphatic rings. The minimum absolute atomic E-state index is 0.00576. The third-order valence-electron chi connectivity index (χ3n) is 3.77. The summed E-state index contributed by atoms with van der Waals surface area (Å²) in [5.41, 5.74) is 2.94. The number of nitrogens with zero attached hydrogens (tertiary/aromatic N) is 2. The van der Waals surface area contributed by atoms with Crippen molar-refractivity contribution in [3.05, 3.63) is 38.3 Å². The monoisotopic (exact) mass is 325 g/mol. The van der Waals surface area contributed by atoms with Crippen LogP contribution in [0.3, 0.4) is 0 Å². The Morgan fingerprint density at radius 2 is 2.05 bits per heavy atom. The largest absolute Gasteiger partial charge is 0.348 e. The van der Waals surface area contributed by atoms with E-state index in [1.54, 1.807) is 0 Å². The van der Waals surface area contributed by atoms with Gasteiger partial charge in [0.15, 0.2) is 0 Å². The van der Waals surface area contributed by atoms with Crippen molar-refractivity contribution in [3.63, 3.8) is 0 Å². The minimum atomic E-state index is -0.225. The first-order valence-corrected chi connectivity index (χ1v) is 8.06. The third-order valence-corrected chi connectivity index (χ3v) is 5.18. The van der Waals surface area contributed by atoms with Gasteiger partial charge < -0.3 is 5.32 Å². The van der Waals surface area contributed by atoms with Crippen LogP contribution in [0.25, 0.3) is 0 Å². The third kappa shape index (κ3) is 3.30. The Morgan fingerprint density at radius 3 is 2.52 bits per heavy atom. The van der Waals surface area contributed by atoms with E-state index >= 15 is 0 Å². The molecular weight excluding hydrogens is 306 g/mol. The Balaban J connectivity index is 2.12. The summed E-state index contributed by atoms with van der Waals surface area (Å²) in [7, 11) is 1.90. The molecule has 0 bridgehead atoms. The normalized spacial score (nSPS) is 14.0. The van der Waals surface area contributed by atoms with E-state index in [-0.39, 0.29) is 17.9 Å². The number of aryl methyl sites for hydroxylation is 2. The topological polar surface area (TPSA) is 46.9 Å². The van der Waals surface area contributed by atoms with Gasteiger partial charge in [-0.25, -0.2) is 0 Å². The number of halogens is 1. The molecule has 114 valence electrons. The summed E-state index contributed by atoms with van der Waals surface area (Å²) in [4.78, 5) is 13.5. The lowest BCUT2D eigenvalue weighted by Crippen LogP contribution is -2.30. The highest BCUT2D eigenvalue weighted by molar-refractivity contribution is 7.16. The summed E-state index contributed by atoms with van der Waals surface area (Å²) < 4.78 is 2.55. The van der Waals surface area contributed by atoms with Gasteiger partial charge in [-0.1, -0.05) is 11.6 Å². The average Bonchev–Trinajstić information content (AvgIpc) is 2.94. The van der Waals surface area contributed by atoms with Crippen LogP contribution in [0.1, 0.15) is 47.6 Å². The SMILES string of the molecule is Cc1nn(C)c(C)c1C(C)C(=O)NC(C)c1ccc(Cl)s1. The highest BCUT2D eigenvalue weighted by atomic mass is 35.5. The Bertz CT molecular complexity index is 662. The average molecular weight is 326 g/mol. The summed E-state index contributed by atoms with van der Waals surface area (Å²) in [5, 5.41) is 7.42. The quantitative estimate of drug-likeness (QED) is 0.931. The molecular formula is C15H20ClN3OS. The molecule has 2 aromatic rings. The van der Waals surface area contributed by atoms with E-state index in [2.05, 4.69) is 10.4 Å². The van der Waals surface area contributed by atoms with E-state index < -0.39 is 0 Å². The van der Waals surface area contributed by atoms with E-state index in [9.17, 15) is 4.79 Å². The smallest absolute Gasteiger partial charge is 0.227 e. The number of rotatable bonds is 4. The molecule has 0 fully saturated rings. The Hall–Kier alpha value is -1.33. The molecule has 21 heavy (non-hydrogen) atoms. The van der Waals surface area contributed by atoms with E-state index in [1.165, 1.54) is 11.3 Å². The Morgan fingerprint density at radius 1 is 1.38 bits per heavy atom. The molecule has 2 atom stereocenters. The van der Waals surface area contributed by atoms with Gasteiger partial charge in [0.1, 0.15) is 0 Å². The van der Waals surface area contributed by atoms with Crippen LogP contribution in [0.4, 0.5) is 0 Å². The lowest BCUT2D eigenvalue weighted by atomic mass is 9.98. The zero-order valence-corrected chi connectivity index (χ0v) is 14.5. The molecule has 0 saturated carbocycles. The van der Waals surface area contributed by atoms with Crippen LogP contribution in [0.15, 0.2) is 12.1 Å². The number of hydrogen-bond donors (Lipinski definition) is 1. The van der Waals surface area contributed by atoms with Crippen molar-refractivity contribution in [2.45, 2.75) is 39.7 Å². The van der Waals surface area contributed by atoms with Gasteiger partial charge in [-0.05, 0) is 39.8 Å². The number of amides is 1. The molecule has 0 saturated heterocycles. The fourth-order valence-electron chi connectivity index (χ4n) is 2.52. The summed E-state index contributed by atoms with van der Waals surface area (Å²) in [6.07, 6.45) is 0. The molecule has 0 aromatic carbocycles. The van der Waals surface area contributed by atoms with Crippen LogP contribution in [-0.4, -0.2) is 15.7 Å². The molecule has 2 heterocycles. The van der Waals surface area contributed by atoms with Crippen LogP contribution in [0, 0.1) is 13.8 Å². The molecule has 0 spiro atoms. The van der Waals surface area contributed by atoms with E-state index in [1.807, 2.05) is 51.6 Å². The molecule has 2 aromatic heterocycles. The molecule has 2 rings (SSSR count). The lowest BCUT2D eigenvalue weighted by molar-refractivity contribution is -0.122. The number of nitrogens with one attached hydrogen (secondary N) is 1. The number of carbonyl (C=O) groups is 1. The fourth-order valence-corrected chi connectivity index (χ4v) is 3.58. The van der Waals surface area contributed by atoms with E-state index in [0.717, 1.165) is 26.2 Å². The van der Waals surface area contributed by atoms with Crippen molar-refractivity contribution < 1.29 is 4.79 Å². The molecule has 6 heteroatoms. The lowest BCUT2D eigenvalue weighted by Gasteiger charge is -2.17. The molecule has 1 amide bonds. The first-order chi connectivity index (χ1) is 9.81. The number of hydrogen-bond acceptors (Lipinski definition) is 3. The zero-order chi connectivity index (χ0) is 15.7. The van der Waals surface area contributed by atoms with Crippen molar-refractivity contribution in [2.75, 3.05) is 0 Å². The summed E-state index contributed by atoms with van der Waals surface area (Å²) in [5.74, 6) is -0.220. The van der Waals surface area contributed by atoms with Crippen LogP contribution in [-0.2, 0) is 11.8 Å². The van der Waals surface area contributed by atoms with Crippen LogP contribution in [0.2, 0.25) is 4.34 Å². The fraction of sp³-hybridized carbons (Fsp3) is 0.467. The highest BCUT2D eigenvalue weighted by Crippen LogP contribution is 2.28. The maximum Gasteiger partial charge on any atom is 0.227 e. The second-order valence-electron chi connectivity index (χ2n) is 5.30. The van der Waals surface area contributed by atoms with Crippen LogP contribution in [0.5, 0.6) is 0 Å². The van der Waals surface area contributed by atoms with Crippen molar-refractivity contribution >= 4 is 28.8 Å². The van der Waals surface area contributed by atoms with Gasteiger partial charge in [0, 0.05) is 23.2 Å². The van der Waals surface area contributed by atoms with Crippen molar-refractivity contribution in [1.82, 2.24) is 15.1 Å². The van der Waals surface area contributed by atoms with Crippen LogP contribution < -0.4 is 5.32 Å². The first-order valence-electron chi connectivity index (χ1n) is 6.87. The standard InChI is InChI=1S/C15H20ClN3OS/c1-8(14-10(3)18-19(5)11(14)4)15(20)17-9(2)12-6-7-13(16)21-12/h6-9H,1-5H3,(H,17,20). The van der Waals surface area contributed by atoms with Gasteiger partial charge in [-0.15, -0.1) is 11.3 Å². The number of carbonyl (C=O) groups excluding carboxylic acids is 1. The molecule has 4 nitrogen and oxygen atoms in total. The maximum absolute atomic E-state index is 12.5. The molecule has 0 aliphatic heterocycles. The predicted molar refractivity (Wildman–Crippen MR) is 87.0 cm³/mol. The number of aromatic nitrogens is 2. The summed E-state index contributed by atoms with van der Waals surface area (Å²) >= 11 is 7.43. The highest BCUT2D eigenvalue weighted by Gasteiger charge is 2.24. The second kappa shape index (κ2) is 6.20. The Kier molecular flexibility index (Phi) is 4.74. The van der Waals surface area contributed by atoms with Crippen molar-refractivity contribution in [3.8, 4) is 0 Å². The van der Waals surface area contributed by atoms with Gasteiger partial charge in [0.2, 0.25) is 5.91 Å². The molecule has 2 unspecified atom stereocenters. The van der Waals surface area contributed by atoms with E-state index in [4.69, 9.17) is 11.6 Å². The minimum Gasteiger partial charge on any atom is -0.348 e. The van der Waals surface area contributed by atoms with E-state index in [0.29, 0.717) is 0 Å². The van der Waals surface area contributed by atoms with Gasteiger partial charge in [-0.3, -0.25) is 9.48 Å². The molecule has 0 radical (unpaired) electrons. The van der Waals surface area contributed by atoms with Gasteiger partial charge in [0.05, 0.1) is 22.0 Å². The summed E-state index contributed by atoms with van der Waals surface area (Å²) in [6, 6.07) is 3.75. The Labute approximate surface area is 134 Å². The van der Waals surface area contributed by atoms with Crippen molar-refractivity contribution in [2.24, 2.45) is 7.05 Å². The van der Waals surface area contributed by atoms with Crippen molar-refractivity contribution in [1.29, 1.82) is 0 Å². The maximum atomic E-state index is 12.5. The second-order valence-corrected chi connectivity index (χ2v) is 7.05. The first kappa shape index (κ1) is 16.0. The molecule has 0 aliphatic carbocycles. The summed E-state index contributed by atoms with van der Waals surface area (Å²) in [6.45, 7) is 7.81. The van der Waals surface area contributed by atoms with Gasteiger partial charge >= 0.3 is 0 Å². The van der Waals surface area contributed by atoms with Gasteiger partial charge in [-0.2, -0.15) is 5.10 Å². The number of thiophene rings is 1. The van der Waals surface area contributed by atoms with Crippen LogP contribution >= 0.6 is 22.9 Å². The predicted octanol–water partition coefficient (Wildman–Crippen LogP) is 3.73. The zero-order valence-electron chi connectivity index (χ0n) is 12.9. The molecule has 1 N–H and O–H groups in total. The van der Waals surface area contributed by atoms with Gasteiger partial charge in [0.25, 0.3) is 0 Å².